The molecule has 1 rings (SSSR count). The van der Waals surface area contributed by atoms with Crippen molar-refractivity contribution in [2.24, 2.45) is 0 Å². The van der Waals surface area contributed by atoms with Crippen LogP contribution in [-0.4, -0.2) is 29.9 Å². The molecule has 0 atom stereocenters. The van der Waals surface area contributed by atoms with Crippen LogP contribution in [0.4, 0.5) is 0 Å². The van der Waals surface area contributed by atoms with E-state index in [1.807, 2.05) is 0 Å². The molecule has 0 unspecified atom stereocenters. The molecular weight excluding hydrogens is 134 g/mol. The Bertz CT molecular complexity index is 179. The first-order chi connectivity index (χ1) is 4.75. The van der Waals surface area contributed by atoms with Gasteiger partial charge in [0, 0.05) is 18.7 Å². The summed E-state index contributed by atoms with van der Waals surface area (Å²) in [6.07, 6.45) is 2.33. The van der Waals surface area contributed by atoms with Crippen molar-refractivity contribution in [3.8, 4) is 0 Å². The lowest BCUT2D eigenvalue weighted by Gasteiger charge is -2.14. The molecule has 4 nitrogen and oxygen atoms in total. The van der Waals surface area contributed by atoms with Crippen LogP contribution in [0.2, 0.25) is 0 Å². The van der Waals surface area contributed by atoms with Crippen molar-refractivity contribution >= 4 is 11.8 Å². The molecule has 0 aromatic rings. The summed E-state index contributed by atoms with van der Waals surface area (Å²) in [6, 6.07) is 0. The molecular formula is C6H6NO3-. The van der Waals surface area contributed by atoms with Crippen molar-refractivity contribution in [1.82, 2.24) is 4.90 Å². The summed E-state index contributed by atoms with van der Waals surface area (Å²) < 4.78 is 0. The third-order valence-electron chi connectivity index (χ3n) is 1.22. The SMILES string of the molecule is O=C1C=CC(=O)N1CC[O-]. The van der Waals surface area contributed by atoms with Crippen molar-refractivity contribution < 1.29 is 14.7 Å². The Morgan fingerprint density at radius 1 is 1.30 bits per heavy atom. The Hall–Kier alpha value is -1.16. The molecule has 0 fully saturated rings. The standard InChI is InChI=1S/C6H6NO3/c8-4-3-7-5(9)1-2-6(7)10/h1-2H,3-4H2/q-1. The summed E-state index contributed by atoms with van der Waals surface area (Å²) in [5, 5.41) is 10.0. The van der Waals surface area contributed by atoms with E-state index >= 15 is 0 Å². The van der Waals surface area contributed by atoms with Crippen LogP contribution >= 0.6 is 0 Å². The van der Waals surface area contributed by atoms with Gasteiger partial charge in [-0.1, -0.05) is 0 Å². The van der Waals surface area contributed by atoms with Gasteiger partial charge in [0.25, 0.3) is 11.8 Å². The minimum Gasteiger partial charge on any atom is -0.853 e. The van der Waals surface area contributed by atoms with E-state index in [4.69, 9.17) is 0 Å². The lowest BCUT2D eigenvalue weighted by molar-refractivity contribution is -0.367. The Kier molecular flexibility index (Phi) is 1.82. The van der Waals surface area contributed by atoms with Crippen LogP contribution in [0.3, 0.4) is 0 Å². The predicted molar refractivity (Wildman–Crippen MR) is 30.7 cm³/mol. The van der Waals surface area contributed by atoms with Crippen molar-refractivity contribution in [3.05, 3.63) is 12.2 Å². The quantitative estimate of drug-likeness (QED) is 0.428. The zero-order valence-corrected chi connectivity index (χ0v) is 5.24. The maximum atomic E-state index is 10.7. The van der Waals surface area contributed by atoms with E-state index < -0.39 is 6.61 Å². The van der Waals surface area contributed by atoms with Gasteiger partial charge in [-0.15, -0.1) is 6.61 Å². The van der Waals surface area contributed by atoms with Crippen LogP contribution in [0.25, 0.3) is 0 Å². The smallest absolute Gasteiger partial charge is 0.253 e. The fourth-order valence-corrected chi connectivity index (χ4v) is 0.743. The molecule has 0 aromatic heterocycles. The summed E-state index contributed by atoms with van der Waals surface area (Å²) in [6.45, 7) is -0.455. The van der Waals surface area contributed by atoms with Gasteiger partial charge in [0.1, 0.15) is 0 Å². The normalized spacial score (nSPS) is 17.1. The lowest BCUT2D eigenvalue weighted by atomic mass is 10.5. The second-order valence-corrected chi connectivity index (χ2v) is 1.87. The predicted octanol–water partition coefficient (Wildman–Crippen LogP) is -1.73. The van der Waals surface area contributed by atoms with Crippen molar-refractivity contribution in [3.63, 3.8) is 0 Å². The van der Waals surface area contributed by atoms with E-state index in [0.717, 1.165) is 17.1 Å². The van der Waals surface area contributed by atoms with Gasteiger partial charge >= 0.3 is 0 Å². The molecule has 10 heavy (non-hydrogen) atoms. The number of nitrogens with zero attached hydrogens (tertiary/aromatic N) is 1. The Morgan fingerprint density at radius 2 is 1.80 bits per heavy atom. The van der Waals surface area contributed by atoms with Gasteiger partial charge in [0.15, 0.2) is 0 Å². The number of carbonyl (C=O) groups is 2. The maximum Gasteiger partial charge on any atom is 0.253 e. The van der Waals surface area contributed by atoms with Crippen LogP contribution in [0, 0.1) is 0 Å². The molecule has 0 aromatic carbocycles. The molecule has 1 aliphatic rings. The summed E-state index contributed by atoms with van der Waals surface area (Å²) in [4.78, 5) is 22.2. The first kappa shape index (κ1) is 6.95. The van der Waals surface area contributed by atoms with Crippen LogP contribution in [0.5, 0.6) is 0 Å². The highest BCUT2D eigenvalue weighted by molar-refractivity contribution is 6.12. The molecule has 4 heteroatoms. The van der Waals surface area contributed by atoms with Gasteiger partial charge in [-0.3, -0.25) is 14.5 Å². The number of rotatable bonds is 2. The van der Waals surface area contributed by atoms with Gasteiger partial charge in [-0.2, -0.15) is 0 Å². The van der Waals surface area contributed by atoms with E-state index in [9.17, 15) is 14.7 Å². The Labute approximate surface area is 57.7 Å². The summed E-state index contributed by atoms with van der Waals surface area (Å²) in [5.41, 5.74) is 0. The minimum absolute atomic E-state index is 0.0231. The highest BCUT2D eigenvalue weighted by atomic mass is 16.3. The van der Waals surface area contributed by atoms with Crippen LogP contribution < -0.4 is 5.11 Å². The molecule has 0 bridgehead atoms. The van der Waals surface area contributed by atoms with Crippen molar-refractivity contribution in [2.75, 3.05) is 13.2 Å². The number of hydrogen-bond donors (Lipinski definition) is 0. The van der Waals surface area contributed by atoms with Crippen LogP contribution in [-0.2, 0) is 9.59 Å². The Balaban J connectivity index is 2.60. The molecule has 0 N–H and O–H groups in total. The highest BCUT2D eigenvalue weighted by Gasteiger charge is 2.20. The average molecular weight is 140 g/mol. The van der Waals surface area contributed by atoms with E-state index in [1.54, 1.807) is 0 Å². The molecule has 54 valence electrons. The molecule has 1 aliphatic heterocycles. The largest absolute Gasteiger partial charge is 0.853 e. The van der Waals surface area contributed by atoms with Crippen molar-refractivity contribution in [1.29, 1.82) is 0 Å². The lowest BCUT2D eigenvalue weighted by Crippen LogP contribution is -2.35. The minimum atomic E-state index is -0.431. The first-order valence-electron chi connectivity index (χ1n) is 2.87. The van der Waals surface area contributed by atoms with Crippen LogP contribution in [0.1, 0.15) is 0 Å². The fraction of sp³-hybridized carbons (Fsp3) is 0.333. The zero-order valence-electron chi connectivity index (χ0n) is 5.24. The number of hydrogen-bond acceptors (Lipinski definition) is 3. The molecule has 2 amide bonds. The molecule has 1 heterocycles. The summed E-state index contributed by atoms with van der Waals surface area (Å²) in [5.74, 6) is -0.776. The molecule has 0 aliphatic carbocycles. The van der Waals surface area contributed by atoms with E-state index in [-0.39, 0.29) is 18.4 Å². The summed E-state index contributed by atoms with van der Waals surface area (Å²) >= 11 is 0. The van der Waals surface area contributed by atoms with E-state index in [1.165, 1.54) is 0 Å². The molecule has 0 spiro atoms. The second kappa shape index (κ2) is 2.62. The third kappa shape index (κ3) is 1.06. The fourth-order valence-electron chi connectivity index (χ4n) is 0.743. The van der Waals surface area contributed by atoms with Crippen molar-refractivity contribution in [2.45, 2.75) is 0 Å². The zero-order chi connectivity index (χ0) is 7.56. The van der Waals surface area contributed by atoms with Gasteiger partial charge < -0.3 is 5.11 Å². The van der Waals surface area contributed by atoms with Gasteiger partial charge in [0.05, 0.1) is 0 Å². The second-order valence-electron chi connectivity index (χ2n) is 1.87. The summed E-state index contributed by atoms with van der Waals surface area (Å²) in [7, 11) is 0. The van der Waals surface area contributed by atoms with Gasteiger partial charge in [0.2, 0.25) is 0 Å². The number of carbonyl (C=O) groups excluding carboxylic acids is 2. The highest BCUT2D eigenvalue weighted by Crippen LogP contribution is 2.00. The van der Waals surface area contributed by atoms with E-state index in [0.29, 0.717) is 0 Å². The average Bonchev–Trinajstić information content (AvgIpc) is 2.20. The monoisotopic (exact) mass is 140 g/mol. The molecule has 0 saturated heterocycles. The maximum absolute atomic E-state index is 10.7. The Morgan fingerprint density at radius 3 is 2.20 bits per heavy atom. The third-order valence-corrected chi connectivity index (χ3v) is 1.22. The number of amides is 2. The van der Waals surface area contributed by atoms with E-state index in [2.05, 4.69) is 0 Å². The molecule has 0 radical (unpaired) electrons. The van der Waals surface area contributed by atoms with Gasteiger partial charge in [-0.25, -0.2) is 0 Å². The number of imide groups is 1. The van der Waals surface area contributed by atoms with Crippen LogP contribution in [0.15, 0.2) is 12.2 Å². The van der Waals surface area contributed by atoms with Gasteiger partial charge in [-0.05, 0) is 0 Å². The molecule has 0 saturated carbocycles. The first-order valence-corrected chi connectivity index (χ1v) is 2.87. The topological polar surface area (TPSA) is 60.4 Å².